The van der Waals surface area contributed by atoms with Crippen molar-refractivity contribution >= 4 is 7.82 Å². The first-order chi connectivity index (χ1) is 2.00. The van der Waals surface area contributed by atoms with Gasteiger partial charge in [-0.2, -0.15) is 0 Å². The summed E-state index contributed by atoms with van der Waals surface area (Å²) in [7, 11) is -4.64. The van der Waals surface area contributed by atoms with Gasteiger partial charge in [0.2, 0.25) is 0 Å². The van der Waals surface area contributed by atoms with E-state index in [4.69, 9.17) is 19.2 Å². The minimum absolute atomic E-state index is 0. The predicted molar refractivity (Wildman–Crippen MR) is 16.5 cm³/mol. The maximum Gasteiger partial charge on any atom is 1.00 e. The standard InChI is InChI=1S/Fe.Li.Na.H3O4P.2H/c;;;1-5(2,3)4;;/h;;;(H3,1,2,3,4);;/q;2*+1;;2*-1. The topological polar surface area (TPSA) is 77.8 Å². The van der Waals surface area contributed by atoms with Crippen LogP contribution in [0.2, 0.25) is 0 Å². The van der Waals surface area contributed by atoms with Gasteiger partial charge in [0.25, 0.3) is 0 Å². The van der Waals surface area contributed by atoms with Crippen molar-refractivity contribution in [3.63, 3.8) is 0 Å². The number of phosphoric acid groups is 1. The van der Waals surface area contributed by atoms with Crippen molar-refractivity contribution in [3.05, 3.63) is 0 Å². The van der Waals surface area contributed by atoms with E-state index in [0.29, 0.717) is 0 Å². The molecule has 4 nitrogen and oxygen atoms in total. The molecule has 0 aliphatic rings. The van der Waals surface area contributed by atoms with Crippen LogP contribution in [0.1, 0.15) is 2.85 Å². The second-order valence-corrected chi connectivity index (χ2v) is 1.54. The van der Waals surface area contributed by atoms with E-state index >= 15 is 0 Å². The molecule has 0 atom stereocenters. The van der Waals surface area contributed by atoms with Crippen molar-refractivity contribution in [2.45, 2.75) is 0 Å². The summed E-state index contributed by atoms with van der Waals surface area (Å²) in [5.41, 5.74) is 0. The van der Waals surface area contributed by atoms with Gasteiger partial charge in [-0.1, -0.05) is 0 Å². The monoisotopic (exact) mass is 186 g/mol. The van der Waals surface area contributed by atoms with E-state index in [0.717, 1.165) is 0 Å². The molecular formula is H5FeLiNaO4P. The molecular weight excluding hydrogens is 181 g/mol. The van der Waals surface area contributed by atoms with Crippen molar-refractivity contribution < 1.29 is 87.6 Å². The molecule has 0 rings (SSSR count). The zero-order chi connectivity index (χ0) is 4.50. The summed E-state index contributed by atoms with van der Waals surface area (Å²) in [5, 5.41) is 0. The summed E-state index contributed by atoms with van der Waals surface area (Å²) in [6.07, 6.45) is 0. The summed E-state index contributed by atoms with van der Waals surface area (Å²) in [4.78, 5) is 21.6. The summed E-state index contributed by atoms with van der Waals surface area (Å²) in [6.45, 7) is 0. The molecule has 0 aromatic carbocycles. The minimum atomic E-state index is -4.64. The van der Waals surface area contributed by atoms with Gasteiger partial charge in [-0.3, -0.25) is 0 Å². The summed E-state index contributed by atoms with van der Waals surface area (Å²) in [5.74, 6) is 0. The molecule has 0 unspecified atom stereocenters. The number of hydrogen-bond donors (Lipinski definition) is 3. The van der Waals surface area contributed by atoms with E-state index in [2.05, 4.69) is 0 Å². The largest absolute Gasteiger partial charge is 1.00 e. The Kier molecular flexibility index (Phi) is 25.9. The molecule has 0 aromatic rings. The van der Waals surface area contributed by atoms with Crippen LogP contribution in [-0.2, 0) is 21.6 Å². The van der Waals surface area contributed by atoms with Crippen LogP contribution in [0, 0.1) is 0 Å². The number of hydrogen-bond acceptors (Lipinski definition) is 1. The van der Waals surface area contributed by atoms with Crippen LogP contribution in [0.25, 0.3) is 0 Å². The first-order valence-corrected chi connectivity index (χ1v) is 2.35. The Morgan fingerprint density at radius 2 is 1.25 bits per heavy atom. The van der Waals surface area contributed by atoms with E-state index in [9.17, 15) is 0 Å². The average molecular weight is 186 g/mol. The Morgan fingerprint density at radius 1 is 1.25 bits per heavy atom. The molecule has 0 aliphatic heterocycles. The van der Waals surface area contributed by atoms with Crippen LogP contribution in [0.4, 0.5) is 0 Å². The van der Waals surface area contributed by atoms with Gasteiger partial charge in [-0.05, 0) is 0 Å². The second-order valence-electron chi connectivity index (χ2n) is 0.513. The smallest absolute Gasteiger partial charge is 1.00 e. The molecule has 44 valence electrons. The molecule has 0 bridgehead atoms. The molecule has 0 saturated heterocycles. The summed E-state index contributed by atoms with van der Waals surface area (Å²) < 4.78 is 8.88. The maximum atomic E-state index is 8.88. The van der Waals surface area contributed by atoms with Crippen molar-refractivity contribution in [1.82, 2.24) is 0 Å². The summed E-state index contributed by atoms with van der Waals surface area (Å²) >= 11 is 0. The zero-order valence-corrected chi connectivity index (χ0v) is 8.55. The average Bonchev–Trinajstić information content (AvgIpc) is 0.722. The molecule has 0 heterocycles. The van der Waals surface area contributed by atoms with E-state index in [-0.39, 0.29) is 68.3 Å². The van der Waals surface area contributed by atoms with Gasteiger partial charge in [0.05, 0.1) is 0 Å². The fourth-order valence-electron chi connectivity index (χ4n) is 0. The Hall–Kier alpha value is 2.23. The third-order valence-electron chi connectivity index (χ3n) is 0. The van der Waals surface area contributed by atoms with Crippen molar-refractivity contribution in [1.29, 1.82) is 0 Å². The number of rotatable bonds is 0. The van der Waals surface area contributed by atoms with Crippen LogP contribution in [0.3, 0.4) is 0 Å². The van der Waals surface area contributed by atoms with Crippen molar-refractivity contribution in [2.75, 3.05) is 0 Å². The third-order valence-corrected chi connectivity index (χ3v) is 0. The van der Waals surface area contributed by atoms with Gasteiger partial charge in [0, 0.05) is 17.1 Å². The first kappa shape index (κ1) is 22.5. The van der Waals surface area contributed by atoms with Gasteiger partial charge in [0.15, 0.2) is 0 Å². The summed E-state index contributed by atoms with van der Waals surface area (Å²) in [6, 6.07) is 0. The van der Waals surface area contributed by atoms with E-state index in [1.54, 1.807) is 0 Å². The minimum Gasteiger partial charge on any atom is -1.00 e. The third kappa shape index (κ3) is 86.6. The molecule has 8 heteroatoms. The zero-order valence-electron chi connectivity index (χ0n) is 6.55. The van der Waals surface area contributed by atoms with Crippen molar-refractivity contribution in [3.8, 4) is 0 Å². The molecule has 0 aromatic heterocycles. The molecule has 0 saturated carbocycles. The van der Waals surface area contributed by atoms with Crippen LogP contribution < -0.4 is 48.4 Å². The Morgan fingerprint density at radius 3 is 1.25 bits per heavy atom. The molecule has 0 spiro atoms. The normalized spacial score (nSPS) is 7.38. The molecule has 0 radical (unpaired) electrons. The molecule has 0 fully saturated rings. The SMILES string of the molecule is O=P(O)(O)O.[Fe].[H-].[H-].[Li+].[Na+]. The van der Waals surface area contributed by atoms with Gasteiger partial charge < -0.3 is 17.5 Å². The van der Waals surface area contributed by atoms with Crippen LogP contribution in [0.15, 0.2) is 0 Å². The Labute approximate surface area is 94.6 Å². The second kappa shape index (κ2) is 9.23. The van der Waals surface area contributed by atoms with Gasteiger partial charge >= 0.3 is 56.2 Å². The quantitative estimate of drug-likeness (QED) is 0.259. The first-order valence-electron chi connectivity index (χ1n) is 0.783. The van der Waals surface area contributed by atoms with Gasteiger partial charge in [0.1, 0.15) is 0 Å². The fraction of sp³-hybridized carbons (Fsp3) is 0. The molecule has 0 aliphatic carbocycles. The van der Waals surface area contributed by atoms with Crippen LogP contribution in [0.5, 0.6) is 0 Å². The van der Waals surface area contributed by atoms with Gasteiger partial charge in [-0.25, -0.2) is 4.57 Å². The van der Waals surface area contributed by atoms with Crippen LogP contribution >= 0.6 is 7.82 Å². The maximum absolute atomic E-state index is 8.88. The Bertz CT molecular complexity index is 69.4. The van der Waals surface area contributed by atoms with Gasteiger partial charge in [-0.15, -0.1) is 0 Å². The molecule has 8 heavy (non-hydrogen) atoms. The van der Waals surface area contributed by atoms with Crippen molar-refractivity contribution in [2.24, 2.45) is 0 Å². The Balaban J connectivity index is -0.00000000800. The van der Waals surface area contributed by atoms with E-state index < -0.39 is 7.82 Å². The predicted octanol–water partition coefficient (Wildman–Crippen LogP) is -6.70. The van der Waals surface area contributed by atoms with E-state index in [1.807, 2.05) is 0 Å². The molecule has 0 amide bonds. The van der Waals surface area contributed by atoms with E-state index in [1.165, 1.54) is 0 Å². The van der Waals surface area contributed by atoms with Crippen LogP contribution in [-0.4, -0.2) is 14.7 Å². The molecule has 3 N–H and O–H groups in total. The fourth-order valence-corrected chi connectivity index (χ4v) is 0.